The van der Waals surface area contributed by atoms with Gasteiger partial charge in [-0.15, -0.1) is 0 Å². The lowest BCUT2D eigenvalue weighted by atomic mass is 10.0. The third-order valence-corrected chi connectivity index (χ3v) is 4.11. The van der Waals surface area contributed by atoms with Gasteiger partial charge in [0, 0.05) is 10.6 Å². The second-order valence-corrected chi connectivity index (χ2v) is 6.35. The number of nitrogens with two attached hydrogens (primary N) is 1. The molecule has 0 spiro atoms. The van der Waals surface area contributed by atoms with Gasteiger partial charge in [-0.25, -0.2) is 4.39 Å². The second-order valence-electron chi connectivity index (χ2n) is 5.11. The molecule has 7 heteroatoms. The first-order valence-corrected chi connectivity index (χ1v) is 8.15. The lowest BCUT2D eigenvalue weighted by Gasteiger charge is -2.26. The normalized spacial score (nSPS) is 11.6. The summed E-state index contributed by atoms with van der Waals surface area (Å²) < 4.78 is 19.8. The summed E-state index contributed by atoms with van der Waals surface area (Å²) in [4.78, 5) is 25.2. The maximum absolute atomic E-state index is 13.4. The Morgan fingerprint density at radius 1 is 1.25 bits per heavy atom. The minimum absolute atomic E-state index is 0.254. The van der Waals surface area contributed by atoms with Gasteiger partial charge in [-0.1, -0.05) is 12.1 Å². The van der Waals surface area contributed by atoms with Crippen molar-refractivity contribution in [3.63, 3.8) is 0 Å². The Morgan fingerprint density at radius 3 is 2.50 bits per heavy atom. The van der Waals surface area contributed by atoms with Gasteiger partial charge in [0.15, 0.2) is 6.61 Å². The van der Waals surface area contributed by atoms with Crippen molar-refractivity contribution < 1.29 is 18.7 Å². The Morgan fingerprint density at radius 2 is 1.92 bits per heavy atom. The van der Waals surface area contributed by atoms with Gasteiger partial charge in [0.1, 0.15) is 17.6 Å². The first-order chi connectivity index (χ1) is 11.4. The highest BCUT2D eigenvalue weighted by atomic mass is 127. The molecule has 5 nitrogen and oxygen atoms in total. The topological polar surface area (TPSA) is 72.6 Å². The number of hydrogen-bond donors (Lipinski definition) is 1. The average molecular weight is 442 g/mol. The summed E-state index contributed by atoms with van der Waals surface area (Å²) in [6.07, 6.45) is 0. The number of carbonyl (C=O) groups excluding carboxylic acids is 2. The smallest absolute Gasteiger partial charge is 0.261 e. The maximum atomic E-state index is 13.4. The highest BCUT2D eigenvalue weighted by molar-refractivity contribution is 14.1. The molecule has 0 saturated carbocycles. The van der Waals surface area contributed by atoms with Crippen LogP contribution >= 0.6 is 22.6 Å². The zero-order valence-electron chi connectivity index (χ0n) is 12.9. The minimum atomic E-state index is -1.06. The number of ether oxygens (including phenoxy) is 1. The molecule has 0 radical (unpaired) electrons. The van der Waals surface area contributed by atoms with Crippen LogP contribution in [0.1, 0.15) is 11.6 Å². The number of halogens is 2. The van der Waals surface area contributed by atoms with E-state index in [4.69, 9.17) is 10.5 Å². The van der Waals surface area contributed by atoms with E-state index in [0.717, 1.165) is 8.47 Å². The molecule has 0 bridgehead atoms. The Bertz CT molecular complexity index is 737. The summed E-state index contributed by atoms with van der Waals surface area (Å²) in [5.74, 6) is -1.15. The molecule has 1 atom stereocenters. The minimum Gasteiger partial charge on any atom is -0.484 e. The van der Waals surface area contributed by atoms with E-state index < -0.39 is 23.7 Å². The van der Waals surface area contributed by atoms with Gasteiger partial charge < -0.3 is 15.4 Å². The van der Waals surface area contributed by atoms with Gasteiger partial charge in [0.05, 0.1) is 0 Å². The monoisotopic (exact) mass is 442 g/mol. The Hall–Kier alpha value is -2.16. The molecule has 2 N–H and O–H groups in total. The molecule has 0 aromatic heterocycles. The maximum Gasteiger partial charge on any atom is 0.261 e. The van der Waals surface area contributed by atoms with E-state index in [1.165, 1.54) is 25.2 Å². The zero-order valence-corrected chi connectivity index (χ0v) is 15.1. The van der Waals surface area contributed by atoms with Crippen molar-refractivity contribution in [2.75, 3.05) is 13.7 Å². The van der Waals surface area contributed by atoms with Gasteiger partial charge in [0.2, 0.25) is 5.91 Å². The van der Waals surface area contributed by atoms with Crippen molar-refractivity contribution in [2.24, 2.45) is 5.73 Å². The Kier molecular flexibility index (Phi) is 6.13. The van der Waals surface area contributed by atoms with Crippen LogP contribution < -0.4 is 10.5 Å². The highest BCUT2D eigenvalue weighted by Gasteiger charge is 2.27. The standard InChI is InChI=1S/C17H16FIN2O3/c1-21(15(22)10-24-14-7-5-13(19)6-8-14)16(17(20)23)11-3-2-4-12(18)9-11/h2-9,16H,10H2,1H3,(H2,20,23). The van der Waals surface area contributed by atoms with E-state index in [9.17, 15) is 14.0 Å². The van der Waals surface area contributed by atoms with E-state index in [0.29, 0.717) is 11.3 Å². The molecule has 126 valence electrons. The van der Waals surface area contributed by atoms with Crippen LogP contribution in [0.3, 0.4) is 0 Å². The van der Waals surface area contributed by atoms with E-state index in [2.05, 4.69) is 22.6 Å². The summed E-state index contributed by atoms with van der Waals surface area (Å²) in [6, 6.07) is 11.6. The third-order valence-electron chi connectivity index (χ3n) is 3.39. The number of likely N-dealkylation sites (N-methyl/N-ethyl adjacent to an activating group) is 1. The van der Waals surface area contributed by atoms with Gasteiger partial charge in [-0.05, 0) is 64.6 Å². The molecule has 2 rings (SSSR count). The van der Waals surface area contributed by atoms with E-state index in [1.807, 2.05) is 12.1 Å². The summed E-state index contributed by atoms with van der Waals surface area (Å²) >= 11 is 2.16. The molecular formula is C17H16FIN2O3. The lowest BCUT2D eigenvalue weighted by molar-refractivity contribution is -0.139. The molecular weight excluding hydrogens is 426 g/mol. The molecule has 2 aromatic carbocycles. The zero-order chi connectivity index (χ0) is 17.7. The van der Waals surface area contributed by atoms with Gasteiger partial charge in [-0.3, -0.25) is 9.59 Å². The van der Waals surface area contributed by atoms with Crippen molar-refractivity contribution in [1.29, 1.82) is 0 Å². The molecule has 2 aromatic rings. The van der Waals surface area contributed by atoms with Crippen LogP contribution in [0.2, 0.25) is 0 Å². The largest absolute Gasteiger partial charge is 0.484 e. The molecule has 24 heavy (non-hydrogen) atoms. The van der Waals surface area contributed by atoms with Crippen LogP contribution in [0.5, 0.6) is 5.75 Å². The first-order valence-electron chi connectivity index (χ1n) is 7.07. The van der Waals surface area contributed by atoms with Crippen molar-refractivity contribution in [3.05, 3.63) is 63.5 Å². The average Bonchev–Trinajstić information content (AvgIpc) is 2.54. The number of primary amides is 1. The Balaban J connectivity index is 2.08. The summed E-state index contributed by atoms with van der Waals surface area (Å²) in [6.45, 7) is -0.254. The van der Waals surface area contributed by atoms with Crippen molar-refractivity contribution in [2.45, 2.75) is 6.04 Å². The van der Waals surface area contributed by atoms with Crippen LogP contribution in [0.15, 0.2) is 48.5 Å². The third kappa shape index (κ3) is 4.67. The quantitative estimate of drug-likeness (QED) is 0.699. The number of benzene rings is 2. The van der Waals surface area contributed by atoms with Gasteiger partial charge in [0.25, 0.3) is 5.91 Å². The number of hydrogen-bond acceptors (Lipinski definition) is 3. The van der Waals surface area contributed by atoms with Crippen LogP contribution in [-0.4, -0.2) is 30.4 Å². The van der Waals surface area contributed by atoms with Crippen molar-refractivity contribution >= 4 is 34.4 Å². The lowest BCUT2D eigenvalue weighted by Crippen LogP contribution is -2.41. The number of carbonyl (C=O) groups is 2. The van der Waals surface area contributed by atoms with E-state index >= 15 is 0 Å². The molecule has 0 saturated heterocycles. The molecule has 0 aliphatic heterocycles. The summed E-state index contributed by atoms with van der Waals surface area (Å²) in [7, 11) is 1.43. The fraction of sp³-hybridized carbons (Fsp3) is 0.176. The molecule has 0 heterocycles. The van der Waals surface area contributed by atoms with E-state index in [-0.39, 0.29) is 6.61 Å². The predicted molar refractivity (Wildman–Crippen MR) is 95.8 cm³/mol. The van der Waals surface area contributed by atoms with Gasteiger partial charge >= 0.3 is 0 Å². The molecule has 0 aliphatic rings. The molecule has 2 amide bonds. The Labute approximate surface area is 152 Å². The molecule has 0 fully saturated rings. The van der Waals surface area contributed by atoms with Crippen molar-refractivity contribution in [1.82, 2.24) is 4.90 Å². The first kappa shape index (κ1) is 18.2. The van der Waals surface area contributed by atoms with Crippen LogP contribution in [0, 0.1) is 9.39 Å². The van der Waals surface area contributed by atoms with Gasteiger partial charge in [-0.2, -0.15) is 0 Å². The van der Waals surface area contributed by atoms with Crippen LogP contribution in [0.4, 0.5) is 4.39 Å². The number of rotatable bonds is 6. The predicted octanol–water partition coefficient (Wildman–Crippen LogP) is 2.49. The fourth-order valence-electron chi connectivity index (χ4n) is 2.18. The van der Waals surface area contributed by atoms with Crippen molar-refractivity contribution in [3.8, 4) is 5.75 Å². The van der Waals surface area contributed by atoms with Crippen LogP contribution in [0.25, 0.3) is 0 Å². The molecule has 1 unspecified atom stereocenters. The SMILES string of the molecule is CN(C(=O)COc1ccc(I)cc1)C(C(N)=O)c1cccc(F)c1. The highest BCUT2D eigenvalue weighted by Crippen LogP contribution is 2.20. The number of amides is 2. The van der Waals surface area contributed by atoms with E-state index in [1.54, 1.807) is 18.2 Å². The summed E-state index contributed by atoms with van der Waals surface area (Å²) in [5, 5.41) is 0. The molecule has 0 aliphatic carbocycles. The second kappa shape index (κ2) is 8.09. The fourth-order valence-corrected chi connectivity index (χ4v) is 2.54. The van der Waals surface area contributed by atoms with Crippen LogP contribution in [-0.2, 0) is 9.59 Å². The number of nitrogens with zero attached hydrogens (tertiary/aromatic N) is 1. The summed E-state index contributed by atoms with van der Waals surface area (Å²) in [5.41, 5.74) is 5.70.